The van der Waals surface area contributed by atoms with Crippen LogP contribution in [0.5, 0.6) is 0 Å². The number of rotatable bonds is 4. The van der Waals surface area contributed by atoms with Crippen LogP contribution in [0, 0.1) is 12.8 Å². The topological polar surface area (TPSA) is 91.4 Å². The summed E-state index contributed by atoms with van der Waals surface area (Å²) < 4.78 is 28.0. The van der Waals surface area contributed by atoms with Gasteiger partial charge in [-0.3, -0.25) is 4.98 Å². The zero-order chi connectivity index (χ0) is 19.9. The van der Waals surface area contributed by atoms with Crippen LogP contribution < -0.4 is 10.0 Å². The van der Waals surface area contributed by atoms with E-state index in [0.29, 0.717) is 23.2 Å². The monoisotopic (exact) mass is 420 g/mol. The van der Waals surface area contributed by atoms with Gasteiger partial charge in [-0.15, -0.1) is 0 Å². The van der Waals surface area contributed by atoms with Gasteiger partial charge in [-0.05, 0) is 61.6 Å². The first-order valence-electron chi connectivity index (χ1n) is 9.09. The largest absolute Gasteiger partial charge is 0.322 e. The van der Waals surface area contributed by atoms with Crippen LogP contribution in [0.25, 0.3) is 0 Å². The molecule has 2 N–H and O–H groups in total. The number of nitrogens with one attached hydrogen (secondary N) is 2. The highest BCUT2D eigenvalue weighted by Crippen LogP contribution is 2.38. The number of anilines is 1. The van der Waals surface area contributed by atoms with Crippen molar-refractivity contribution in [2.75, 3.05) is 11.9 Å². The minimum absolute atomic E-state index is 0.130. The van der Waals surface area contributed by atoms with E-state index < -0.39 is 10.0 Å². The van der Waals surface area contributed by atoms with Crippen LogP contribution in [0.15, 0.2) is 47.6 Å². The molecule has 1 aliphatic heterocycles. The van der Waals surface area contributed by atoms with Crippen molar-refractivity contribution in [2.45, 2.75) is 36.7 Å². The van der Waals surface area contributed by atoms with Gasteiger partial charge >= 0.3 is 6.03 Å². The molecule has 3 atom stereocenters. The number of carbonyl (C=O) groups is 1. The number of benzene rings is 1. The van der Waals surface area contributed by atoms with Crippen molar-refractivity contribution in [3.63, 3.8) is 0 Å². The average molecular weight is 421 g/mol. The molecule has 2 aromatic rings. The Labute approximate surface area is 169 Å². The van der Waals surface area contributed by atoms with Crippen LogP contribution in [0.1, 0.15) is 18.4 Å². The number of halogens is 1. The molecule has 1 saturated heterocycles. The predicted octanol–water partition coefficient (Wildman–Crippen LogP) is 3.02. The number of piperidine rings is 1. The molecule has 0 radical (unpaired) electrons. The number of fused-ring (bicyclic) bond motifs is 2. The van der Waals surface area contributed by atoms with E-state index in [1.165, 1.54) is 18.5 Å². The number of sulfonamides is 1. The summed E-state index contributed by atoms with van der Waals surface area (Å²) in [5.41, 5.74) is 1.57. The van der Waals surface area contributed by atoms with Crippen molar-refractivity contribution in [3.8, 4) is 0 Å². The van der Waals surface area contributed by atoms with E-state index in [0.717, 1.165) is 18.4 Å². The van der Waals surface area contributed by atoms with Crippen LogP contribution in [-0.4, -0.2) is 43.0 Å². The van der Waals surface area contributed by atoms with Gasteiger partial charge in [0.1, 0.15) is 4.90 Å². The molecule has 7 nitrogen and oxygen atoms in total. The number of aromatic nitrogens is 1. The molecule has 0 spiro atoms. The number of pyridine rings is 1. The highest BCUT2D eigenvalue weighted by Gasteiger charge is 2.48. The van der Waals surface area contributed by atoms with E-state index in [4.69, 9.17) is 11.6 Å². The van der Waals surface area contributed by atoms with Crippen LogP contribution in [0.2, 0.25) is 5.02 Å². The molecule has 2 fully saturated rings. The first-order chi connectivity index (χ1) is 13.3. The zero-order valence-corrected chi connectivity index (χ0v) is 16.9. The van der Waals surface area contributed by atoms with E-state index >= 15 is 0 Å². The normalized spacial score (nSPS) is 23.8. The molecule has 1 saturated carbocycles. The molecule has 1 aromatic carbocycles. The molecular weight excluding hydrogens is 400 g/mol. The maximum Gasteiger partial charge on any atom is 0.322 e. The van der Waals surface area contributed by atoms with Gasteiger partial charge in [0.25, 0.3) is 0 Å². The van der Waals surface area contributed by atoms with Gasteiger partial charge in [-0.25, -0.2) is 17.9 Å². The standard InChI is InChI=1S/C19H21ClN4O3S/c1-12-7-14(20)4-5-16(12)22-19(25)24-11-13-8-17(18(24)9-13)23-28(26,27)15-3-2-6-21-10-15/h2-7,10,13,17-18,23H,8-9,11H2,1H3,(H,22,25). The third-order valence-corrected chi connectivity index (χ3v) is 7.13. The summed E-state index contributed by atoms with van der Waals surface area (Å²) in [6, 6.07) is 7.70. The fraction of sp³-hybridized carbons (Fsp3) is 0.368. The second-order valence-electron chi connectivity index (χ2n) is 7.36. The quantitative estimate of drug-likeness (QED) is 0.795. The van der Waals surface area contributed by atoms with Crippen LogP contribution in [0.3, 0.4) is 0 Å². The van der Waals surface area contributed by atoms with Crippen molar-refractivity contribution in [1.82, 2.24) is 14.6 Å². The Kier molecular flexibility index (Phi) is 5.03. The van der Waals surface area contributed by atoms with Gasteiger partial charge < -0.3 is 10.2 Å². The number of amides is 2. The number of likely N-dealkylation sites (tertiary alicyclic amines) is 1. The number of hydrogen-bond acceptors (Lipinski definition) is 4. The van der Waals surface area contributed by atoms with Gasteiger partial charge in [-0.1, -0.05) is 11.6 Å². The summed E-state index contributed by atoms with van der Waals surface area (Å²) in [5.74, 6) is 0.295. The van der Waals surface area contributed by atoms with E-state index in [2.05, 4.69) is 15.0 Å². The maximum absolute atomic E-state index is 12.8. The van der Waals surface area contributed by atoms with Gasteiger partial charge in [0.15, 0.2) is 0 Å². The van der Waals surface area contributed by atoms with Gasteiger partial charge in [0, 0.05) is 35.7 Å². The van der Waals surface area contributed by atoms with Crippen molar-refractivity contribution in [3.05, 3.63) is 53.3 Å². The second kappa shape index (κ2) is 7.35. The Hall–Kier alpha value is -2.16. The molecule has 2 amide bonds. The molecule has 1 aliphatic carbocycles. The number of nitrogens with zero attached hydrogens (tertiary/aromatic N) is 2. The third-order valence-electron chi connectivity index (χ3n) is 5.42. The fourth-order valence-electron chi connectivity index (χ4n) is 4.11. The Morgan fingerprint density at radius 2 is 2.11 bits per heavy atom. The Morgan fingerprint density at radius 3 is 2.79 bits per heavy atom. The van der Waals surface area contributed by atoms with E-state index in [1.54, 1.807) is 29.2 Å². The lowest BCUT2D eigenvalue weighted by molar-refractivity contribution is 0.183. The summed E-state index contributed by atoms with van der Waals surface area (Å²) in [6.45, 7) is 2.51. The summed E-state index contributed by atoms with van der Waals surface area (Å²) in [6.07, 6.45) is 4.38. The second-order valence-corrected chi connectivity index (χ2v) is 9.51. The summed E-state index contributed by atoms with van der Waals surface area (Å²) in [7, 11) is -3.67. The minimum Gasteiger partial charge on any atom is -0.320 e. The molecule has 9 heteroatoms. The Morgan fingerprint density at radius 1 is 1.29 bits per heavy atom. The zero-order valence-electron chi connectivity index (χ0n) is 15.3. The predicted molar refractivity (Wildman–Crippen MR) is 107 cm³/mol. The first-order valence-corrected chi connectivity index (χ1v) is 11.0. The first kappa shape index (κ1) is 19.2. The van der Waals surface area contributed by atoms with Gasteiger partial charge in [-0.2, -0.15) is 0 Å². The molecule has 2 bridgehead atoms. The minimum atomic E-state index is -3.67. The van der Waals surface area contributed by atoms with Gasteiger partial charge in [0.05, 0.1) is 6.04 Å². The van der Waals surface area contributed by atoms with Crippen LogP contribution in [0.4, 0.5) is 10.5 Å². The Bertz CT molecular complexity index is 999. The summed E-state index contributed by atoms with van der Waals surface area (Å²) >= 11 is 5.97. The van der Waals surface area contributed by atoms with Crippen LogP contribution >= 0.6 is 11.6 Å². The molecule has 148 valence electrons. The van der Waals surface area contributed by atoms with Crippen molar-refractivity contribution >= 4 is 33.3 Å². The lowest BCUT2D eigenvalue weighted by Crippen LogP contribution is -2.52. The highest BCUT2D eigenvalue weighted by atomic mass is 35.5. The maximum atomic E-state index is 12.8. The molecule has 28 heavy (non-hydrogen) atoms. The third kappa shape index (κ3) is 3.72. The van der Waals surface area contributed by atoms with E-state index in [9.17, 15) is 13.2 Å². The lowest BCUT2D eigenvalue weighted by Gasteiger charge is -2.33. The summed E-state index contributed by atoms with van der Waals surface area (Å²) in [5, 5.41) is 3.53. The molecule has 2 aliphatic rings. The smallest absolute Gasteiger partial charge is 0.320 e. The number of urea groups is 1. The lowest BCUT2D eigenvalue weighted by atomic mass is 10.1. The molecule has 1 aromatic heterocycles. The number of aryl methyl sites for hydroxylation is 1. The SMILES string of the molecule is Cc1cc(Cl)ccc1NC(=O)N1CC2CC(NS(=O)(=O)c3cccnc3)C1C2. The number of hydrogen-bond donors (Lipinski definition) is 2. The highest BCUT2D eigenvalue weighted by molar-refractivity contribution is 7.89. The average Bonchev–Trinajstić information content (AvgIpc) is 3.25. The van der Waals surface area contributed by atoms with Crippen LogP contribution in [-0.2, 0) is 10.0 Å². The summed E-state index contributed by atoms with van der Waals surface area (Å²) in [4.78, 5) is 18.6. The molecule has 4 rings (SSSR count). The Balaban J connectivity index is 1.47. The van der Waals surface area contributed by atoms with E-state index in [-0.39, 0.29) is 23.0 Å². The van der Waals surface area contributed by atoms with Crippen molar-refractivity contribution in [1.29, 1.82) is 0 Å². The van der Waals surface area contributed by atoms with Crippen molar-refractivity contribution in [2.24, 2.45) is 5.92 Å². The molecule has 3 unspecified atom stereocenters. The molecule has 2 heterocycles. The van der Waals surface area contributed by atoms with Crippen molar-refractivity contribution < 1.29 is 13.2 Å². The molecular formula is C19H21ClN4O3S. The van der Waals surface area contributed by atoms with E-state index in [1.807, 2.05) is 6.92 Å². The van der Waals surface area contributed by atoms with Gasteiger partial charge in [0.2, 0.25) is 10.0 Å². The number of carbonyl (C=O) groups excluding carboxylic acids is 1. The fourth-order valence-corrected chi connectivity index (χ4v) is 5.59.